The van der Waals surface area contributed by atoms with Crippen molar-refractivity contribution in [1.29, 1.82) is 0 Å². The Bertz CT molecular complexity index is 1450. The van der Waals surface area contributed by atoms with E-state index in [2.05, 4.69) is 13.8 Å². The highest BCUT2D eigenvalue weighted by molar-refractivity contribution is 6.00. The van der Waals surface area contributed by atoms with E-state index in [0.29, 0.717) is 43.5 Å². The summed E-state index contributed by atoms with van der Waals surface area (Å²) in [7, 11) is 0. The van der Waals surface area contributed by atoms with Gasteiger partial charge in [-0.2, -0.15) is 0 Å². The third kappa shape index (κ3) is 5.72. The van der Waals surface area contributed by atoms with Gasteiger partial charge in [-0.1, -0.05) is 38.1 Å². The second kappa shape index (κ2) is 11.2. The number of benzene rings is 2. The molecule has 9 heteroatoms. The van der Waals surface area contributed by atoms with Crippen molar-refractivity contribution < 1.29 is 29.3 Å². The molecule has 5 atom stereocenters. The molecule has 44 heavy (non-hydrogen) atoms. The fraction of sp³-hybridized carbons (Fsp3) is 0.571. The first kappa shape index (κ1) is 30.6. The molecule has 3 amide bonds. The summed E-state index contributed by atoms with van der Waals surface area (Å²) in [4.78, 5) is 46.0. The van der Waals surface area contributed by atoms with Crippen molar-refractivity contribution in [2.75, 3.05) is 13.1 Å². The summed E-state index contributed by atoms with van der Waals surface area (Å²) >= 11 is 0. The van der Waals surface area contributed by atoms with Gasteiger partial charge in [0.25, 0.3) is 11.8 Å². The minimum absolute atomic E-state index is 0.0342. The molecular formula is C35H45N3O6. The molecule has 1 unspecified atom stereocenters. The quantitative estimate of drug-likeness (QED) is 0.540. The molecule has 2 fully saturated rings. The van der Waals surface area contributed by atoms with E-state index in [9.17, 15) is 24.6 Å². The van der Waals surface area contributed by atoms with E-state index < -0.39 is 29.3 Å². The molecule has 9 nitrogen and oxygen atoms in total. The van der Waals surface area contributed by atoms with Crippen molar-refractivity contribution in [3.63, 3.8) is 0 Å². The fourth-order valence-electron chi connectivity index (χ4n) is 7.76. The summed E-state index contributed by atoms with van der Waals surface area (Å²) in [5, 5.41) is 21.8. The minimum Gasteiger partial charge on any atom is -0.444 e. The van der Waals surface area contributed by atoms with Crippen LogP contribution in [0.15, 0.2) is 42.5 Å². The third-order valence-electron chi connectivity index (χ3n) is 9.81. The number of carbonyl (C=O) groups is 3. The molecule has 2 saturated heterocycles. The SMILES string of the molecule is CC(C)(C)OC(=O)N1Cc2ccccc2C[C@H]1[C@@H](O)CN1CC(C)(C)c2cc(C(=O)N3[C@@H]4CC[C@H]3CC(O)C4)ccc2C1=O. The zero-order valence-electron chi connectivity index (χ0n) is 26.5. The van der Waals surface area contributed by atoms with Crippen LogP contribution in [0.5, 0.6) is 0 Å². The molecule has 236 valence electrons. The Hall–Kier alpha value is -3.43. The van der Waals surface area contributed by atoms with Gasteiger partial charge in [0.2, 0.25) is 0 Å². The Labute approximate surface area is 259 Å². The van der Waals surface area contributed by atoms with Crippen molar-refractivity contribution in [3.8, 4) is 0 Å². The lowest BCUT2D eigenvalue weighted by Gasteiger charge is -2.44. The number of aliphatic hydroxyl groups is 2. The van der Waals surface area contributed by atoms with Gasteiger partial charge < -0.3 is 24.7 Å². The lowest BCUT2D eigenvalue weighted by atomic mass is 9.77. The van der Waals surface area contributed by atoms with Crippen molar-refractivity contribution in [2.24, 2.45) is 0 Å². The summed E-state index contributed by atoms with van der Waals surface area (Å²) in [5.74, 6) is -0.230. The Morgan fingerprint density at radius 3 is 2.36 bits per heavy atom. The molecule has 2 aromatic carbocycles. The number of rotatable bonds is 4. The third-order valence-corrected chi connectivity index (χ3v) is 9.81. The first-order valence-corrected chi connectivity index (χ1v) is 15.9. The summed E-state index contributed by atoms with van der Waals surface area (Å²) < 4.78 is 5.71. The van der Waals surface area contributed by atoms with Gasteiger partial charge in [-0.25, -0.2) is 4.79 Å². The van der Waals surface area contributed by atoms with E-state index in [1.807, 2.05) is 56.0 Å². The standard InChI is InChI=1S/C35H45N3O6/c1-34(2,3)44-33(43)37-18-23-9-7-6-8-21(23)15-29(37)30(40)19-36-20-35(4,5)28-14-22(10-13-27(28)32(36)42)31(41)38-24-11-12-25(38)17-26(39)16-24/h6-10,13-14,24-26,29-30,39-40H,11-12,15-20H2,1-5H3/t24-,25+,26?,29-,30-/m0/s1. The predicted octanol–water partition coefficient (Wildman–Crippen LogP) is 4.27. The van der Waals surface area contributed by atoms with Crippen LogP contribution in [0.25, 0.3) is 0 Å². The maximum Gasteiger partial charge on any atom is 0.410 e. The summed E-state index contributed by atoms with van der Waals surface area (Å²) in [6, 6.07) is 12.8. The molecular weight excluding hydrogens is 558 g/mol. The number of ether oxygens (including phenoxy) is 1. The molecule has 0 saturated carbocycles. The molecule has 2 N–H and O–H groups in total. The number of hydrogen-bond donors (Lipinski definition) is 2. The topological polar surface area (TPSA) is 111 Å². The van der Waals surface area contributed by atoms with Crippen LogP contribution in [0.4, 0.5) is 4.79 Å². The maximum atomic E-state index is 13.8. The molecule has 2 bridgehead atoms. The average Bonchev–Trinajstić information content (AvgIpc) is 3.23. The fourth-order valence-corrected chi connectivity index (χ4v) is 7.76. The number of piperidine rings is 1. The van der Waals surface area contributed by atoms with Crippen LogP contribution in [0, 0.1) is 0 Å². The van der Waals surface area contributed by atoms with Gasteiger partial charge >= 0.3 is 6.09 Å². The van der Waals surface area contributed by atoms with E-state index in [1.54, 1.807) is 21.9 Å². The van der Waals surface area contributed by atoms with Gasteiger partial charge in [-0.05, 0) is 87.8 Å². The molecule has 4 heterocycles. The van der Waals surface area contributed by atoms with Gasteiger partial charge in [-0.3, -0.25) is 14.5 Å². The molecule has 0 aliphatic carbocycles. The highest BCUT2D eigenvalue weighted by atomic mass is 16.6. The molecule has 4 aliphatic heterocycles. The molecule has 0 radical (unpaired) electrons. The summed E-state index contributed by atoms with van der Waals surface area (Å²) in [6.07, 6.45) is 1.69. The van der Waals surface area contributed by atoms with Crippen LogP contribution in [-0.2, 0) is 23.1 Å². The Kier molecular flexibility index (Phi) is 7.77. The Balaban J connectivity index is 1.22. The molecule has 0 aromatic heterocycles. The number of amides is 3. The van der Waals surface area contributed by atoms with E-state index in [0.717, 1.165) is 29.5 Å². The number of β-amino-alcohol motifs (C(OH)–C–C–N with tert-alkyl or cyclic N) is 1. The molecule has 6 rings (SSSR count). The lowest BCUT2D eigenvalue weighted by molar-refractivity contribution is -0.0193. The number of nitrogens with zero attached hydrogens (tertiary/aromatic N) is 3. The smallest absolute Gasteiger partial charge is 0.410 e. The number of carbonyl (C=O) groups excluding carboxylic acids is 3. The van der Waals surface area contributed by atoms with Crippen LogP contribution in [0.2, 0.25) is 0 Å². The summed E-state index contributed by atoms with van der Waals surface area (Å²) in [5.41, 5.74) is 2.85. The average molecular weight is 604 g/mol. The highest BCUT2D eigenvalue weighted by Crippen LogP contribution is 2.39. The van der Waals surface area contributed by atoms with Gasteiger partial charge in [0, 0.05) is 48.3 Å². The predicted molar refractivity (Wildman–Crippen MR) is 165 cm³/mol. The van der Waals surface area contributed by atoms with Gasteiger partial charge in [0.05, 0.1) is 18.2 Å². The Morgan fingerprint density at radius 2 is 1.70 bits per heavy atom. The van der Waals surface area contributed by atoms with Crippen molar-refractivity contribution >= 4 is 17.9 Å². The van der Waals surface area contributed by atoms with Gasteiger partial charge in [0.1, 0.15) is 5.60 Å². The first-order chi connectivity index (χ1) is 20.7. The van der Waals surface area contributed by atoms with Crippen LogP contribution < -0.4 is 0 Å². The first-order valence-electron chi connectivity index (χ1n) is 15.9. The molecule has 4 aliphatic rings. The van der Waals surface area contributed by atoms with Crippen LogP contribution in [0.3, 0.4) is 0 Å². The number of aliphatic hydroxyl groups excluding tert-OH is 2. The lowest BCUT2D eigenvalue weighted by Crippen LogP contribution is -2.57. The second-order valence-corrected chi connectivity index (χ2v) is 14.8. The second-order valence-electron chi connectivity index (χ2n) is 14.8. The van der Waals surface area contributed by atoms with Crippen LogP contribution >= 0.6 is 0 Å². The van der Waals surface area contributed by atoms with Crippen molar-refractivity contribution in [1.82, 2.24) is 14.7 Å². The van der Waals surface area contributed by atoms with E-state index in [1.165, 1.54) is 0 Å². The summed E-state index contributed by atoms with van der Waals surface area (Å²) in [6.45, 7) is 10.3. The van der Waals surface area contributed by atoms with Gasteiger partial charge in [-0.15, -0.1) is 0 Å². The van der Waals surface area contributed by atoms with E-state index in [4.69, 9.17) is 4.74 Å². The zero-order chi connectivity index (χ0) is 31.6. The monoisotopic (exact) mass is 603 g/mol. The molecule has 0 spiro atoms. The largest absolute Gasteiger partial charge is 0.444 e. The van der Waals surface area contributed by atoms with Crippen molar-refractivity contribution in [2.45, 2.75) is 115 Å². The van der Waals surface area contributed by atoms with Crippen LogP contribution in [0.1, 0.15) is 97.7 Å². The maximum absolute atomic E-state index is 13.8. The van der Waals surface area contributed by atoms with Crippen LogP contribution in [-0.4, -0.2) is 91.8 Å². The normalized spacial score (nSPS) is 26.6. The van der Waals surface area contributed by atoms with Gasteiger partial charge in [0.15, 0.2) is 0 Å². The number of fused-ring (bicyclic) bond motifs is 4. The highest BCUT2D eigenvalue weighted by Gasteiger charge is 2.45. The van der Waals surface area contributed by atoms with Crippen molar-refractivity contribution in [3.05, 3.63) is 70.3 Å². The van der Waals surface area contributed by atoms with E-state index in [-0.39, 0.29) is 36.5 Å². The molecule has 2 aromatic rings. The zero-order valence-corrected chi connectivity index (χ0v) is 26.5. The minimum atomic E-state index is -0.997. The van der Waals surface area contributed by atoms with E-state index >= 15 is 0 Å². The Morgan fingerprint density at radius 1 is 1.05 bits per heavy atom. The number of hydrogen-bond acceptors (Lipinski definition) is 6.